The molecule has 0 saturated carbocycles. The van der Waals surface area contributed by atoms with Gasteiger partial charge in [0.05, 0.1) is 11.8 Å². The number of aromatic amines is 1. The second-order valence-corrected chi connectivity index (χ2v) is 4.17. The molecule has 1 unspecified atom stereocenters. The molecule has 1 heterocycles. The van der Waals surface area contributed by atoms with E-state index in [9.17, 15) is 4.79 Å². The van der Waals surface area contributed by atoms with Crippen molar-refractivity contribution in [1.29, 1.82) is 0 Å². The van der Waals surface area contributed by atoms with E-state index >= 15 is 0 Å². The Morgan fingerprint density at radius 2 is 2.24 bits per heavy atom. The van der Waals surface area contributed by atoms with E-state index in [-0.39, 0.29) is 23.6 Å². The molecule has 0 aliphatic carbocycles. The fourth-order valence-corrected chi connectivity index (χ4v) is 1.17. The smallest absolute Gasteiger partial charge is 0.228 e. The first kappa shape index (κ1) is 13.0. The van der Waals surface area contributed by atoms with Gasteiger partial charge in [0.2, 0.25) is 5.91 Å². The number of carbonyl (C=O) groups excluding carboxylic acids is 1. The molecule has 0 saturated heterocycles. The number of oxime groups is 1. The van der Waals surface area contributed by atoms with Crippen molar-refractivity contribution in [2.75, 3.05) is 5.32 Å². The van der Waals surface area contributed by atoms with Crippen molar-refractivity contribution in [2.24, 2.45) is 22.7 Å². The number of hydrogen-bond acceptors (Lipinski definition) is 4. The average Bonchev–Trinajstić information content (AvgIpc) is 2.74. The summed E-state index contributed by atoms with van der Waals surface area (Å²) >= 11 is 0. The van der Waals surface area contributed by atoms with Gasteiger partial charge in [0.1, 0.15) is 5.82 Å². The minimum absolute atomic E-state index is 0.105. The van der Waals surface area contributed by atoms with E-state index in [1.54, 1.807) is 0 Å². The minimum Gasteiger partial charge on any atom is -0.409 e. The molecule has 0 radical (unpaired) electrons. The number of aromatic nitrogens is 2. The summed E-state index contributed by atoms with van der Waals surface area (Å²) in [5.74, 6) is 0.170. The molecule has 1 aromatic rings. The molecule has 5 N–H and O–H groups in total. The van der Waals surface area contributed by atoms with Gasteiger partial charge in [-0.05, 0) is 5.92 Å². The van der Waals surface area contributed by atoms with E-state index < -0.39 is 0 Å². The molecule has 0 fully saturated rings. The van der Waals surface area contributed by atoms with Crippen molar-refractivity contribution in [3.63, 3.8) is 0 Å². The van der Waals surface area contributed by atoms with E-state index in [1.807, 2.05) is 20.8 Å². The first-order valence-corrected chi connectivity index (χ1v) is 5.29. The van der Waals surface area contributed by atoms with Crippen LogP contribution in [0.15, 0.2) is 11.4 Å². The Morgan fingerprint density at radius 1 is 1.59 bits per heavy atom. The van der Waals surface area contributed by atoms with Gasteiger partial charge >= 0.3 is 0 Å². The van der Waals surface area contributed by atoms with Crippen LogP contribution in [0, 0.1) is 11.8 Å². The van der Waals surface area contributed by atoms with Gasteiger partial charge in [-0.2, -0.15) is 5.10 Å². The SMILES string of the molecule is CC(C)C(C)C(=O)Nc1[nH]ncc1C(N)=NO. The lowest BCUT2D eigenvalue weighted by molar-refractivity contribution is -0.120. The summed E-state index contributed by atoms with van der Waals surface area (Å²) in [6.07, 6.45) is 1.38. The third-order valence-electron chi connectivity index (χ3n) is 2.68. The molecule has 1 atom stereocenters. The summed E-state index contributed by atoms with van der Waals surface area (Å²) in [4.78, 5) is 11.8. The van der Waals surface area contributed by atoms with Crippen LogP contribution in [0.25, 0.3) is 0 Å². The standard InChI is InChI=1S/C10H17N5O2/c1-5(2)6(3)10(16)13-9-7(4-12-14-9)8(11)15-17/h4-6,17H,1-3H3,(H2,11,15)(H2,12,13,14,16). The molecule has 1 amide bonds. The third-order valence-corrected chi connectivity index (χ3v) is 2.68. The number of nitrogens with two attached hydrogens (primary N) is 1. The van der Waals surface area contributed by atoms with E-state index in [0.29, 0.717) is 11.4 Å². The van der Waals surface area contributed by atoms with E-state index in [0.717, 1.165) is 0 Å². The fourth-order valence-electron chi connectivity index (χ4n) is 1.17. The first-order chi connectivity index (χ1) is 7.97. The lowest BCUT2D eigenvalue weighted by Gasteiger charge is -2.14. The van der Waals surface area contributed by atoms with Crippen LogP contribution in [0.3, 0.4) is 0 Å². The Morgan fingerprint density at radius 3 is 2.76 bits per heavy atom. The number of carbonyl (C=O) groups is 1. The van der Waals surface area contributed by atoms with Crippen molar-refractivity contribution in [3.8, 4) is 0 Å². The van der Waals surface area contributed by atoms with Gasteiger partial charge in [-0.3, -0.25) is 9.89 Å². The summed E-state index contributed by atoms with van der Waals surface area (Å²) < 4.78 is 0. The van der Waals surface area contributed by atoms with E-state index in [2.05, 4.69) is 20.7 Å². The second-order valence-electron chi connectivity index (χ2n) is 4.17. The van der Waals surface area contributed by atoms with Crippen molar-refractivity contribution < 1.29 is 10.0 Å². The van der Waals surface area contributed by atoms with Gasteiger partial charge in [0.15, 0.2) is 5.84 Å². The van der Waals surface area contributed by atoms with E-state index in [1.165, 1.54) is 6.20 Å². The van der Waals surface area contributed by atoms with Crippen LogP contribution in [-0.2, 0) is 4.79 Å². The largest absolute Gasteiger partial charge is 0.409 e. The van der Waals surface area contributed by atoms with Crippen molar-refractivity contribution in [2.45, 2.75) is 20.8 Å². The molecule has 17 heavy (non-hydrogen) atoms. The number of amidine groups is 1. The van der Waals surface area contributed by atoms with Crippen LogP contribution < -0.4 is 11.1 Å². The summed E-state index contributed by atoms with van der Waals surface area (Å²) in [5.41, 5.74) is 5.80. The second kappa shape index (κ2) is 5.33. The van der Waals surface area contributed by atoms with Crippen molar-refractivity contribution in [1.82, 2.24) is 10.2 Å². The number of amides is 1. The number of rotatable bonds is 4. The molecular formula is C10H17N5O2. The van der Waals surface area contributed by atoms with Gasteiger partial charge in [-0.15, -0.1) is 0 Å². The predicted molar refractivity (Wildman–Crippen MR) is 63.7 cm³/mol. The minimum atomic E-state index is -0.142. The van der Waals surface area contributed by atoms with Crippen LogP contribution in [0.4, 0.5) is 5.82 Å². The van der Waals surface area contributed by atoms with Gasteiger partial charge < -0.3 is 16.3 Å². The first-order valence-electron chi connectivity index (χ1n) is 5.29. The maximum atomic E-state index is 11.8. The zero-order valence-electron chi connectivity index (χ0n) is 10.1. The van der Waals surface area contributed by atoms with Crippen LogP contribution in [-0.4, -0.2) is 27.1 Å². The number of H-pyrrole nitrogens is 1. The van der Waals surface area contributed by atoms with Crippen molar-refractivity contribution in [3.05, 3.63) is 11.8 Å². The van der Waals surface area contributed by atoms with Crippen LogP contribution in [0.5, 0.6) is 0 Å². The van der Waals surface area contributed by atoms with Gasteiger partial charge in [0.25, 0.3) is 0 Å². The summed E-state index contributed by atoms with van der Waals surface area (Å²) in [7, 11) is 0. The quantitative estimate of drug-likeness (QED) is 0.268. The molecule has 0 bridgehead atoms. The van der Waals surface area contributed by atoms with Crippen LogP contribution in [0.2, 0.25) is 0 Å². The van der Waals surface area contributed by atoms with Gasteiger partial charge in [-0.1, -0.05) is 25.9 Å². The summed E-state index contributed by atoms with van der Waals surface area (Å²) in [6, 6.07) is 0. The number of nitrogens with one attached hydrogen (secondary N) is 2. The van der Waals surface area contributed by atoms with Crippen LogP contribution in [0.1, 0.15) is 26.3 Å². The molecule has 0 aliphatic rings. The summed E-state index contributed by atoms with van der Waals surface area (Å²) in [6.45, 7) is 5.75. The predicted octanol–water partition coefficient (Wildman–Crippen LogP) is 0.735. The highest BCUT2D eigenvalue weighted by Crippen LogP contribution is 2.15. The van der Waals surface area contributed by atoms with Crippen LogP contribution >= 0.6 is 0 Å². The third kappa shape index (κ3) is 2.96. The maximum Gasteiger partial charge on any atom is 0.228 e. The molecule has 0 spiro atoms. The fraction of sp³-hybridized carbons (Fsp3) is 0.500. The maximum absolute atomic E-state index is 11.8. The molecule has 0 aliphatic heterocycles. The van der Waals surface area contributed by atoms with Gasteiger partial charge in [-0.25, -0.2) is 0 Å². The molecule has 0 aromatic carbocycles. The molecule has 1 aromatic heterocycles. The molecule has 7 heteroatoms. The monoisotopic (exact) mass is 239 g/mol. The highest BCUT2D eigenvalue weighted by Gasteiger charge is 2.19. The Kier molecular flexibility index (Phi) is 4.08. The Balaban J connectivity index is 2.83. The topological polar surface area (TPSA) is 116 Å². The number of hydrogen-bond donors (Lipinski definition) is 4. The Labute approximate surface area is 99.1 Å². The normalized spacial score (nSPS) is 13.8. The number of nitrogens with zero attached hydrogens (tertiary/aromatic N) is 2. The molecular weight excluding hydrogens is 222 g/mol. The highest BCUT2D eigenvalue weighted by atomic mass is 16.4. The van der Waals surface area contributed by atoms with Crippen molar-refractivity contribution >= 4 is 17.6 Å². The zero-order chi connectivity index (χ0) is 13.0. The lowest BCUT2D eigenvalue weighted by Crippen LogP contribution is -2.26. The average molecular weight is 239 g/mol. The molecule has 7 nitrogen and oxygen atoms in total. The summed E-state index contributed by atoms with van der Waals surface area (Å²) in [5, 5.41) is 20.4. The zero-order valence-corrected chi connectivity index (χ0v) is 10.1. The lowest BCUT2D eigenvalue weighted by atomic mass is 9.97. The highest BCUT2D eigenvalue weighted by molar-refractivity contribution is 6.04. The Bertz CT molecular complexity index is 424. The van der Waals surface area contributed by atoms with Gasteiger partial charge in [0, 0.05) is 5.92 Å². The molecule has 1 rings (SSSR count). The molecule has 94 valence electrons. The van der Waals surface area contributed by atoms with E-state index in [4.69, 9.17) is 10.9 Å². The number of anilines is 1. The Hall–Kier alpha value is -2.05.